The maximum atomic E-state index is 13.1. The first-order valence-corrected chi connectivity index (χ1v) is 9.61. The molecule has 1 aliphatic heterocycles. The van der Waals surface area contributed by atoms with E-state index in [4.69, 9.17) is 0 Å². The number of fused-ring (bicyclic) bond motifs is 1. The van der Waals surface area contributed by atoms with Crippen LogP contribution in [0, 0.1) is 13.8 Å². The lowest BCUT2D eigenvalue weighted by molar-refractivity contribution is 0.0700. The molecule has 0 aromatic carbocycles. The molecule has 1 atom stereocenters. The monoisotopic (exact) mass is 335 g/mol. The Morgan fingerprint density at radius 3 is 2.74 bits per heavy atom. The van der Waals surface area contributed by atoms with Gasteiger partial charge in [-0.3, -0.25) is 9.20 Å². The van der Waals surface area contributed by atoms with Crippen molar-refractivity contribution < 1.29 is 13.2 Å². The molecule has 124 valence electrons. The number of hydrogen-bond donors (Lipinski definition) is 0. The predicted molar refractivity (Wildman–Crippen MR) is 88.4 cm³/mol. The molecule has 3 heterocycles. The van der Waals surface area contributed by atoms with E-state index in [1.165, 1.54) is 0 Å². The molecule has 0 spiro atoms. The van der Waals surface area contributed by atoms with Gasteiger partial charge in [-0.05, 0) is 38.8 Å². The normalized spacial score (nSPS) is 20.0. The Hall–Kier alpha value is -1.89. The highest BCUT2D eigenvalue weighted by molar-refractivity contribution is 7.91. The molecule has 1 amide bonds. The lowest BCUT2D eigenvalue weighted by Gasteiger charge is -2.26. The molecule has 1 fully saturated rings. The van der Waals surface area contributed by atoms with E-state index in [9.17, 15) is 13.2 Å². The predicted octanol–water partition coefficient (Wildman–Crippen LogP) is 1.60. The Kier molecular flexibility index (Phi) is 3.91. The fourth-order valence-corrected chi connectivity index (χ4v) is 4.98. The number of pyridine rings is 1. The first-order valence-electron chi connectivity index (χ1n) is 7.79. The minimum atomic E-state index is -3.03. The minimum Gasteiger partial charge on any atom is -0.334 e. The quantitative estimate of drug-likeness (QED) is 0.854. The molecule has 0 N–H and O–H groups in total. The largest absolute Gasteiger partial charge is 0.334 e. The molecule has 1 saturated heterocycles. The van der Waals surface area contributed by atoms with Crippen LogP contribution in [-0.4, -0.2) is 52.7 Å². The molecule has 0 radical (unpaired) electrons. The van der Waals surface area contributed by atoms with Crippen LogP contribution in [0.2, 0.25) is 0 Å². The summed E-state index contributed by atoms with van der Waals surface area (Å²) in [6.45, 7) is 6.14. The topological polar surface area (TPSA) is 71.8 Å². The number of carbonyl (C=O) groups excluding carboxylic acids is 1. The van der Waals surface area contributed by atoms with E-state index < -0.39 is 9.84 Å². The number of amides is 1. The number of nitrogens with zero attached hydrogens (tertiary/aromatic N) is 3. The van der Waals surface area contributed by atoms with Crippen molar-refractivity contribution in [1.82, 2.24) is 14.3 Å². The van der Waals surface area contributed by atoms with Crippen LogP contribution < -0.4 is 0 Å². The van der Waals surface area contributed by atoms with Gasteiger partial charge in [0, 0.05) is 18.8 Å². The van der Waals surface area contributed by atoms with Crippen molar-refractivity contribution in [3.05, 3.63) is 35.3 Å². The standard InChI is InChI=1S/C16H21N3O3S/c1-4-18(13-7-8-23(21,22)10-13)16(20)15-12(3)17-14-6-5-11(2)9-19(14)15/h5-6,9,13H,4,7-8,10H2,1-3H3/t13-/m1/s1. The first kappa shape index (κ1) is 16.0. The van der Waals surface area contributed by atoms with Gasteiger partial charge in [0.15, 0.2) is 9.84 Å². The summed E-state index contributed by atoms with van der Waals surface area (Å²) < 4.78 is 25.3. The first-order chi connectivity index (χ1) is 10.8. The Morgan fingerprint density at radius 1 is 1.39 bits per heavy atom. The van der Waals surface area contributed by atoms with E-state index in [1.54, 1.807) is 9.30 Å². The highest BCUT2D eigenvalue weighted by Crippen LogP contribution is 2.22. The molecule has 6 nitrogen and oxygen atoms in total. The smallest absolute Gasteiger partial charge is 0.273 e. The Balaban J connectivity index is 2.02. The van der Waals surface area contributed by atoms with Gasteiger partial charge in [-0.1, -0.05) is 6.07 Å². The summed E-state index contributed by atoms with van der Waals surface area (Å²) in [5.41, 5.74) is 2.96. The molecular weight excluding hydrogens is 314 g/mol. The van der Waals surface area contributed by atoms with Crippen LogP contribution in [0.3, 0.4) is 0 Å². The van der Waals surface area contributed by atoms with Crippen molar-refractivity contribution >= 4 is 21.4 Å². The molecule has 0 saturated carbocycles. The van der Waals surface area contributed by atoms with Crippen LogP contribution >= 0.6 is 0 Å². The van der Waals surface area contributed by atoms with E-state index in [0.29, 0.717) is 24.4 Å². The summed E-state index contributed by atoms with van der Waals surface area (Å²) in [5.74, 6) is 0.0684. The van der Waals surface area contributed by atoms with Gasteiger partial charge >= 0.3 is 0 Å². The number of hydrogen-bond acceptors (Lipinski definition) is 4. The summed E-state index contributed by atoms with van der Waals surface area (Å²) in [7, 11) is -3.03. The molecular formula is C16H21N3O3S. The third-order valence-corrected chi connectivity index (χ3v) is 6.14. The van der Waals surface area contributed by atoms with Crippen molar-refractivity contribution in [2.75, 3.05) is 18.1 Å². The number of carbonyl (C=O) groups is 1. The van der Waals surface area contributed by atoms with E-state index >= 15 is 0 Å². The zero-order chi connectivity index (χ0) is 16.8. The number of imidazole rings is 1. The Labute approximate surface area is 136 Å². The second-order valence-electron chi connectivity index (χ2n) is 6.13. The van der Waals surface area contributed by atoms with Crippen molar-refractivity contribution in [1.29, 1.82) is 0 Å². The van der Waals surface area contributed by atoms with Crippen LogP contribution in [0.25, 0.3) is 5.65 Å². The van der Waals surface area contributed by atoms with Gasteiger partial charge in [0.05, 0.1) is 17.2 Å². The Morgan fingerprint density at radius 2 is 2.13 bits per heavy atom. The second-order valence-corrected chi connectivity index (χ2v) is 8.36. The zero-order valence-corrected chi connectivity index (χ0v) is 14.4. The minimum absolute atomic E-state index is 0.0569. The lowest BCUT2D eigenvalue weighted by Crippen LogP contribution is -2.41. The maximum Gasteiger partial charge on any atom is 0.273 e. The maximum absolute atomic E-state index is 13.1. The van der Waals surface area contributed by atoms with Crippen molar-refractivity contribution in [2.45, 2.75) is 33.2 Å². The van der Waals surface area contributed by atoms with E-state index in [0.717, 1.165) is 11.2 Å². The third kappa shape index (κ3) is 2.85. The zero-order valence-electron chi connectivity index (χ0n) is 13.6. The highest BCUT2D eigenvalue weighted by atomic mass is 32.2. The van der Waals surface area contributed by atoms with Gasteiger partial charge in [-0.25, -0.2) is 13.4 Å². The number of aromatic nitrogens is 2. The SMILES string of the molecule is CCN(C(=O)c1c(C)nc2ccc(C)cn12)[C@@H]1CCS(=O)(=O)C1. The fourth-order valence-electron chi connectivity index (χ4n) is 3.25. The van der Waals surface area contributed by atoms with Crippen molar-refractivity contribution in [3.63, 3.8) is 0 Å². The van der Waals surface area contributed by atoms with Gasteiger partial charge in [-0.2, -0.15) is 0 Å². The molecule has 0 unspecified atom stereocenters. The molecule has 0 aliphatic carbocycles. The van der Waals surface area contributed by atoms with Crippen LogP contribution in [0.15, 0.2) is 18.3 Å². The summed E-state index contributed by atoms with van der Waals surface area (Å²) in [6.07, 6.45) is 2.40. The molecule has 7 heteroatoms. The van der Waals surface area contributed by atoms with Crippen LogP contribution in [-0.2, 0) is 9.84 Å². The number of sulfone groups is 1. The highest BCUT2D eigenvalue weighted by Gasteiger charge is 2.35. The summed E-state index contributed by atoms with van der Waals surface area (Å²) >= 11 is 0. The third-order valence-electron chi connectivity index (χ3n) is 4.39. The molecule has 2 aromatic heterocycles. The average Bonchev–Trinajstić information content (AvgIpc) is 2.98. The fraction of sp³-hybridized carbons (Fsp3) is 0.500. The van der Waals surface area contributed by atoms with E-state index in [2.05, 4.69) is 4.98 Å². The Bertz CT molecular complexity index is 870. The van der Waals surface area contributed by atoms with Crippen LogP contribution in [0.5, 0.6) is 0 Å². The summed E-state index contributed by atoms with van der Waals surface area (Å²) in [4.78, 5) is 19.2. The summed E-state index contributed by atoms with van der Waals surface area (Å²) in [6, 6.07) is 3.60. The molecule has 3 rings (SSSR count). The molecule has 0 bridgehead atoms. The van der Waals surface area contributed by atoms with Gasteiger partial charge in [-0.15, -0.1) is 0 Å². The second kappa shape index (κ2) is 5.63. The molecule has 1 aliphatic rings. The van der Waals surface area contributed by atoms with E-state index in [1.807, 2.05) is 39.1 Å². The van der Waals surface area contributed by atoms with Gasteiger partial charge in [0.1, 0.15) is 11.3 Å². The number of aryl methyl sites for hydroxylation is 2. The van der Waals surface area contributed by atoms with Crippen LogP contribution in [0.4, 0.5) is 0 Å². The van der Waals surface area contributed by atoms with Gasteiger partial charge in [0.2, 0.25) is 0 Å². The van der Waals surface area contributed by atoms with Gasteiger partial charge < -0.3 is 4.90 Å². The van der Waals surface area contributed by atoms with Crippen molar-refractivity contribution in [3.8, 4) is 0 Å². The van der Waals surface area contributed by atoms with E-state index in [-0.39, 0.29) is 23.5 Å². The van der Waals surface area contributed by atoms with Crippen molar-refractivity contribution in [2.24, 2.45) is 0 Å². The van der Waals surface area contributed by atoms with Crippen LogP contribution in [0.1, 0.15) is 35.1 Å². The van der Waals surface area contributed by atoms with Gasteiger partial charge in [0.25, 0.3) is 5.91 Å². The summed E-state index contributed by atoms with van der Waals surface area (Å²) in [5, 5.41) is 0. The number of rotatable bonds is 3. The molecule has 2 aromatic rings. The molecule has 23 heavy (non-hydrogen) atoms. The average molecular weight is 335 g/mol. The lowest BCUT2D eigenvalue weighted by atomic mass is 10.2.